The zero-order valence-electron chi connectivity index (χ0n) is 10.6. The van der Waals surface area contributed by atoms with Crippen LogP contribution in [-0.4, -0.2) is 30.2 Å². The first-order valence-corrected chi connectivity index (χ1v) is 6.00. The lowest BCUT2D eigenvalue weighted by Gasteiger charge is -2.07. The highest BCUT2D eigenvalue weighted by atomic mass is 16.5. The lowest BCUT2D eigenvalue weighted by atomic mass is 10.2. The summed E-state index contributed by atoms with van der Waals surface area (Å²) in [5, 5.41) is 3.32. The summed E-state index contributed by atoms with van der Waals surface area (Å²) in [4.78, 5) is 8.50. The summed E-state index contributed by atoms with van der Waals surface area (Å²) in [6.07, 6.45) is 3.70. The molecule has 0 amide bonds. The van der Waals surface area contributed by atoms with E-state index < -0.39 is 0 Å². The van der Waals surface area contributed by atoms with Crippen molar-refractivity contribution < 1.29 is 9.47 Å². The highest BCUT2D eigenvalue weighted by molar-refractivity contribution is 5.36. The van der Waals surface area contributed by atoms with E-state index >= 15 is 0 Å². The van der Waals surface area contributed by atoms with Crippen molar-refractivity contribution in [3.8, 4) is 11.8 Å². The fourth-order valence-corrected chi connectivity index (χ4v) is 1.96. The molecule has 1 aromatic rings. The second-order valence-corrected chi connectivity index (χ2v) is 4.31. The second-order valence-electron chi connectivity index (χ2n) is 4.31. The molecule has 1 N–H and O–H groups in total. The van der Waals surface area contributed by atoms with Crippen molar-refractivity contribution in [2.24, 2.45) is 5.92 Å². The first-order valence-electron chi connectivity index (χ1n) is 6.00. The third-order valence-corrected chi connectivity index (χ3v) is 2.99. The van der Waals surface area contributed by atoms with Crippen LogP contribution in [0, 0.1) is 5.92 Å². The Bertz CT molecular complexity index is 362. The van der Waals surface area contributed by atoms with E-state index in [9.17, 15) is 0 Å². The summed E-state index contributed by atoms with van der Waals surface area (Å²) in [5.74, 6) is 2.39. The molecule has 94 valence electrons. The molecule has 0 aromatic carbocycles. The van der Waals surface area contributed by atoms with Crippen molar-refractivity contribution in [2.45, 2.75) is 32.2 Å². The molecule has 2 atom stereocenters. The number of aromatic nitrogens is 2. The van der Waals surface area contributed by atoms with Crippen LogP contribution in [0.5, 0.6) is 11.8 Å². The number of nitrogens with one attached hydrogen (secondary N) is 1. The molecule has 17 heavy (non-hydrogen) atoms. The zero-order valence-corrected chi connectivity index (χ0v) is 10.6. The van der Waals surface area contributed by atoms with Crippen LogP contribution in [0.15, 0.2) is 6.07 Å². The Morgan fingerprint density at radius 1 is 1.29 bits per heavy atom. The molecule has 1 fully saturated rings. The minimum Gasteiger partial charge on any atom is -0.481 e. The molecule has 5 nitrogen and oxygen atoms in total. The third-order valence-electron chi connectivity index (χ3n) is 2.99. The molecule has 5 heteroatoms. The topological polar surface area (TPSA) is 56.3 Å². The van der Waals surface area contributed by atoms with Gasteiger partial charge in [0.2, 0.25) is 17.7 Å². The molecular formula is C12H19N3O2. The highest BCUT2D eigenvalue weighted by Crippen LogP contribution is 2.37. The number of hydrogen-bond acceptors (Lipinski definition) is 5. The average Bonchev–Trinajstić information content (AvgIpc) is 3.07. The van der Waals surface area contributed by atoms with Crippen LogP contribution in [0.4, 0.5) is 5.95 Å². The normalized spacial score (nSPS) is 22.1. The Morgan fingerprint density at radius 2 is 1.94 bits per heavy atom. The Kier molecular flexibility index (Phi) is 3.66. The van der Waals surface area contributed by atoms with Crippen molar-refractivity contribution in [2.75, 3.05) is 19.5 Å². The van der Waals surface area contributed by atoms with Gasteiger partial charge in [0.25, 0.3) is 0 Å². The minimum absolute atomic E-state index is 0.506. The number of anilines is 1. The van der Waals surface area contributed by atoms with Gasteiger partial charge >= 0.3 is 0 Å². The van der Waals surface area contributed by atoms with E-state index in [1.54, 1.807) is 20.3 Å². The first-order chi connectivity index (χ1) is 8.26. The SMILES string of the molecule is CCCC1CC1Nc1nc(OC)cc(OC)n1. The van der Waals surface area contributed by atoms with Gasteiger partial charge in [-0.2, -0.15) is 9.97 Å². The molecule has 0 saturated heterocycles. The number of ether oxygens (including phenoxy) is 2. The smallest absolute Gasteiger partial charge is 0.229 e. The van der Waals surface area contributed by atoms with Gasteiger partial charge in [-0.05, 0) is 18.8 Å². The van der Waals surface area contributed by atoms with Crippen molar-refractivity contribution >= 4 is 5.95 Å². The molecule has 1 aliphatic rings. The lowest BCUT2D eigenvalue weighted by molar-refractivity contribution is 0.372. The number of methoxy groups -OCH3 is 2. The molecule has 1 heterocycles. The summed E-state index contributed by atoms with van der Waals surface area (Å²) in [6.45, 7) is 2.21. The van der Waals surface area contributed by atoms with E-state index in [4.69, 9.17) is 9.47 Å². The van der Waals surface area contributed by atoms with E-state index in [-0.39, 0.29) is 0 Å². The first kappa shape index (κ1) is 12.0. The fraction of sp³-hybridized carbons (Fsp3) is 0.667. The van der Waals surface area contributed by atoms with Crippen LogP contribution >= 0.6 is 0 Å². The van der Waals surface area contributed by atoms with E-state index in [2.05, 4.69) is 22.2 Å². The number of rotatable bonds is 6. The van der Waals surface area contributed by atoms with Crippen LogP contribution in [0.3, 0.4) is 0 Å². The Morgan fingerprint density at radius 3 is 2.47 bits per heavy atom. The van der Waals surface area contributed by atoms with Crippen LogP contribution < -0.4 is 14.8 Å². The van der Waals surface area contributed by atoms with Crippen molar-refractivity contribution in [3.05, 3.63) is 6.07 Å². The summed E-state index contributed by atoms with van der Waals surface area (Å²) < 4.78 is 10.2. The largest absolute Gasteiger partial charge is 0.481 e. The molecular weight excluding hydrogens is 218 g/mol. The van der Waals surface area contributed by atoms with E-state index in [1.807, 2.05) is 0 Å². The van der Waals surface area contributed by atoms with Crippen LogP contribution in [-0.2, 0) is 0 Å². The van der Waals surface area contributed by atoms with Crippen molar-refractivity contribution in [1.29, 1.82) is 0 Å². The average molecular weight is 237 g/mol. The second kappa shape index (κ2) is 5.21. The zero-order chi connectivity index (χ0) is 12.3. The van der Waals surface area contributed by atoms with E-state index in [0.717, 1.165) is 5.92 Å². The molecule has 0 spiro atoms. The van der Waals surface area contributed by atoms with Gasteiger partial charge in [-0.1, -0.05) is 13.3 Å². The summed E-state index contributed by atoms with van der Waals surface area (Å²) >= 11 is 0. The Balaban J connectivity index is 2.00. The fourth-order valence-electron chi connectivity index (χ4n) is 1.96. The predicted molar refractivity (Wildman–Crippen MR) is 65.6 cm³/mol. The summed E-state index contributed by atoms with van der Waals surface area (Å²) in [7, 11) is 3.17. The van der Waals surface area contributed by atoms with Crippen LogP contribution in [0.2, 0.25) is 0 Å². The molecule has 0 bridgehead atoms. The number of nitrogens with zero attached hydrogens (tertiary/aromatic N) is 2. The van der Waals surface area contributed by atoms with Gasteiger partial charge in [0.15, 0.2) is 0 Å². The third kappa shape index (κ3) is 2.99. The van der Waals surface area contributed by atoms with Gasteiger partial charge in [0, 0.05) is 6.04 Å². The van der Waals surface area contributed by atoms with Gasteiger partial charge in [-0.3, -0.25) is 0 Å². The Hall–Kier alpha value is -1.52. The van der Waals surface area contributed by atoms with Crippen molar-refractivity contribution in [1.82, 2.24) is 9.97 Å². The molecule has 0 radical (unpaired) electrons. The van der Waals surface area contributed by atoms with Gasteiger partial charge in [0.1, 0.15) is 0 Å². The molecule has 1 aliphatic carbocycles. The van der Waals surface area contributed by atoms with Crippen molar-refractivity contribution in [3.63, 3.8) is 0 Å². The quantitative estimate of drug-likeness (QED) is 0.821. The standard InChI is InChI=1S/C12H19N3O2/c1-4-5-8-6-9(8)13-12-14-10(16-2)7-11(15-12)17-3/h7-9H,4-6H2,1-3H3,(H,13,14,15). The van der Waals surface area contributed by atoms with E-state index in [0.29, 0.717) is 23.8 Å². The molecule has 1 aromatic heterocycles. The lowest BCUT2D eigenvalue weighted by Crippen LogP contribution is -2.09. The molecule has 1 saturated carbocycles. The van der Waals surface area contributed by atoms with Gasteiger partial charge in [-0.15, -0.1) is 0 Å². The predicted octanol–water partition coefficient (Wildman–Crippen LogP) is 2.09. The molecule has 2 rings (SSSR count). The monoisotopic (exact) mass is 237 g/mol. The van der Waals surface area contributed by atoms with Crippen LogP contribution in [0.1, 0.15) is 26.2 Å². The molecule has 0 aliphatic heterocycles. The highest BCUT2D eigenvalue weighted by Gasteiger charge is 2.36. The van der Waals surface area contributed by atoms with Gasteiger partial charge in [-0.25, -0.2) is 0 Å². The maximum absolute atomic E-state index is 5.10. The molecule has 2 unspecified atom stereocenters. The summed E-state index contributed by atoms with van der Waals surface area (Å²) in [5.41, 5.74) is 0. The van der Waals surface area contributed by atoms with Gasteiger partial charge in [0.05, 0.1) is 20.3 Å². The van der Waals surface area contributed by atoms with E-state index in [1.165, 1.54) is 19.3 Å². The van der Waals surface area contributed by atoms with Gasteiger partial charge < -0.3 is 14.8 Å². The maximum Gasteiger partial charge on any atom is 0.229 e. The maximum atomic E-state index is 5.10. The Labute approximate surface area is 102 Å². The number of hydrogen-bond donors (Lipinski definition) is 1. The summed E-state index contributed by atoms with van der Waals surface area (Å²) in [6, 6.07) is 2.17. The minimum atomic E-state index is 0.506. The van der Waals surface area contributed by atoms with Crippen LogP contribution in [0.25, 0.3) is 0 Å².